The lowest BCUT2D eigenvalue weighted by atomic mass is 10.0. The predicted octanol–water partition coefficient (Wildman–Crippen LogP) is 2.49. The summed E-state index contributed by atoms with van der Waals surface area (Å²) in [6.45, 7) is 10.1. The maximum absolute atomic E-state index is 12.0. The number of piperidine rings is 1. The van der Waals surface area contributed by atoms with Crippen molar-refractivity contribution >= 4 is 17.6 Å². The van der Waals surface area contributed by atoms with Crippen LogP contribution in [0.3, 0.4) is 0 Å². The smallest absolute Gasteiger partial charge is 0.407 e. The second kappa shape index (κ2) is 8.98. The average molecular weight is 403 g/mol. The second-order valence-corrected chi connectivity index (χ2v) is 8.97. The molecule has 0 bridgehead atoms. The third-order valence-electron chi connectivity index (χ3n) is 5.20. The van der Waals surface area contributed by atoms with E-state index in [1.165, 1.54) is 6.42 Å². The number of amides is 1. The first-order chi connectivity index (χ1) is 13.7. The maximum Gasteiger partial charge on any atom is 0.407 e. The number of amidine groups is 1. The van der Waals surface area contributed by atoms with Crippen molar-refractivity contribution in [1.82, 2.24) is 20.9 Å². The van der Waals surface area contributed by atoms with Gasteiger partial charge in [0.2, 0.25) is 0 Å². The van der Waals surface area contributed by atoms with E-state index in [4.69, 9.17) is 15.1 Å². The first-order valence-corrected chi connectivity index (χ1v) is 10.5. The molecule has 8 heteroatoms. The summed E-state index contributed by atoms with van der Waals surface area (Å²) in [5.41, 5.74) is 1.11. The maximum atomic E-state index is 12.0. The van der Waals surface area contributed by atoms with Crippen LogP contribution in [0.1, 0.15) is 53.4 Å². The number of alkyl carbamates (subject to hydrolysis) is 1. The van der Waals surface area contributed by atoms with Crippen LogP contribution in [0.4, 0.5) is 4.79 Å². The van der Waals surface area contributed by atoms with Crippen molar-refractivity contribution in [2.75, 3.05) is 19.6 Å². The monoisotopic (exact) mass is 402 g/mol. The molecule has 4 N–H and O–H groups in total. The number of rotatable bonds is 3. The first-order valence-electron chi connectivity index (χ1n) is 10.5. The molecule has 2 atom stereocenters. The number of nitrogens with one attached hydrogen (secondary N) is 4. The van der Waals surface area contributed by atoms with E-state index in [2.05, 4.69) is 20.9 Å². The summed E-state index contributed by atoms with van der Waals surface area (Å²) in [6, 6.07) is 0.144. The third kappa shape index (κ3) is 6.06. The molecule has 0 aromatic heterocycles. The quantitative estimate of drug-likeness (QED) is 0.543. The Hall–Kier alpha value is -2.35. The molecule has 1 amide bonds. The number of carbonyl (C=O) groups is 1. The van der Waals surface area contributed by atoms with Gasteiger partial charge < -0.3 is 31.0 Å². The van der Waals surface area contributed by atoms with E-state index in [0.29, 0.717) is 18.1 Å². The van der Waals surface area contributed by atoms with Crippen molar-refractivity contribution in [3.8, 4) is 0 Å². The van der Waals surface area contributed by atoms with Gasteiger partial charge in [-0.25, -0.2) is 9.79 Å². The molecule has 2 fully saturated rings. The minimum atomic E-state index is -0.502. The van der Waals surface area contributed by atoms with Gasteiger partial charge in [0.05, 0.1) is 11.8 Å². The molecule has 0 aliphatic carbocycles. The van der Waals surface area contributed by atoms with Crippen LogP contribution in [0.25, 0.3) is 0 Å². The van der Waals surface area contributed by atoms with Gasteiger partial charge in [-0.3, -0.25) is 0 Å². The van der Waals surface area contributed by atoms with Gasteiger partial charge in [0, 0.05) is 37.0 Å². The largest absolute Gasteiger partial charge is 0.444 e. The second-order valence-electron chi connectivity index (χ2n) is 8.97. The summed E-state index contributed by atoms with van der Waals surface area (Å²) in [5.74, 6) is 1.58. The van der Waals surface area contributed by atoms with Gasteiger partial charge in [0.15, 0.2) is 0 Å². The molecule has 0 aromatic carbocycles. The number of hydrogen-bond donors (Lipinski definition) is 4. The minimum absolute atomic E-state index is 0.0346. The Bertz CT molecular complexity index is 728. The molecule has 3 heterocycles. The summed E-state index contributed by atoms with van der Waals surface area (Å²) in [5, 5.41) is 17.9. The van der Waals surface area contributed by atoms with Crippen molar-refractivity contribution < 1.29 is 9.53 Å². The molecular weight excluding hydrogens is 368 g/mol. The molecule has 0 aromatic rings. The van der Waals surface area contributed by atoms with Crippen LogP contribution < -0.4 is 16.0 Å². The molecule has 0 spiro atoms. The molecule has 0 saturated carbocycles. The van der Waals surface area contributed by atoms with Crippen molar-refractivity contribution in [3.05, 3.63) is 23.7 Å². The summed E-state index contributed by atoms with van der Waals surface area (Å²) >= 11 is 0. The molecule has 8 nitrogen and oxygen atoms in total. The molecule has 0 radical (unpaired) electrons. The number of aliphatic imine (C=N–C) groups is 1. The fourth-order valence-corrected chi connectivity index (χ4v) is 3.79. The lowest BCUT2D eigenvalue weighted by Crippen LogP contribution is -2.42. The zero-order valence-electron chi connectivity index (χ0n) is 18.0. The molecule has 3 aliphatic rings. The Labute approximate surface area is 173 Å². The highest BCUT2D eigenvalue weighted by Crippen LogP contribution is 2.19. The normalized spacial score (nSPS) is 26.5. The Morgan fingerprint density at radius 2 is 2.17 bits per heavy atom. The van der Waals surface area contributed by atoms with E-state index in [1.807, 2.05) is 40.0 Å². The van der Waals surface area contributed by atoms with Gasteiger partial charge in [-0.05, 0) is 53.5 Å². The molecule has 2 saturated heterocycles. The van der Waals surface area contributed by atoms with Crippen LogP contribution in [0, 0.1) is 5.41 Å². The van der Waals surface area contributed by atoms with Crippen LogP contribution in [0.2, 0.25) is 0 Å². The van der Waals surface area contributed by atoms with E-state index in [-0.39, 0.29) is 18.2 Å². The average Bonchev–Trinajstić information content (AvgIpc) is 3.10. The molecule has 3 rings (SSSR count). The first kappa shape index (κ1) is 21.4. The van der Waals surface area contributed by atoms with Crippen LogP contribution in [-0.4, -0.2) is 59.9 Å². The lowest BCUT2D eigenvalue weighted by Gasteiger charge is -2.26. The molecular formula is C21H34N6O2. The summed E-state index contributed by atoms with van der Waals surface area (Å²) in [4.78, 5) is 19.0. The summed E-state index contributed by atoms with van der Waals surface area (Å²) < 4.78 is 5.36. The van der Waals surface area contributed by atoms with Crippen molar-refractivity contribution in [2.45, 2.75) is 71.1 Å². The molecule has 29 heavy (non-hydrogen) atoms. The fraction of sp³-hybridized carbons (Fsp3) is 0.667. The number of nitrogens with zero attached hydrogens (tertiary/aromatic N) is 2. The van der Waals surface area contributed by atoms with Gasteiger partial charge >= 0.3 is 6.09 Å². The van der Waals surface area contributed by atoms with Crippen molar-refractivity contribution in [3.63, 3.8) is 0 Å². The Morgan fingerprint density at radius 1 is 1.38 bits per heavy atom. The highest BCUT2D eigenvalue weighted by Gasteiger charge is 2.29. The number of ether oxygens (including phenoxy) is 1. The number of carbonyl (C=O) groups excluding carboxylic acids is 1. The lowest BCUT2D eigenvalue weighted by molar-refractivity contribution is 0.0507. The van der Waals surface area contributed by atoms with Crippen LogP contribution in [0.5, 0.6) is 0 Å². The van der Waals surface area contributed by atoms with E-state index in [0.717, 1.165) is 43.8 Å². The van der Waals surface area contributed by atoms with Crippen molar-refractivity contribution in [1.29, 1.82) is 5.41 Å². The third-order valence-corrected chi connectivity index (χ3v) is 5.20. The number of likely N-dealkylation sites (tertiary alicyclic amines) is 1. The molecule has 160 valence electrons. The minimum Gasteiger partial charge on any atom is -0.444 e. The summed E-state index contributed by atoms with van der Waals surface area (Å²) in [7, 11) is 0. The van der Waals surface area contributed by atoms with Crippen molar-refractivity contribution in [2.24, 2.45) is 4.99 Å². The van der Waals surface area contributed by atoms with E-state index in [1.54, 1.807) is 0 Å². The van der Waals surface area contributed by atoms with E-state index in [9.17, 15) is 4.79 Å². The number of hydrogen-bond acceptors (Lipinski definition) is 7. The van der Waals surface area contributed by atoms with Crippen LogP contribution >= 0.6 is 0 Å². The van der Waals surface area contributed by atoms with Crippen LogP contribution in [0.15, 0.2) is 28.7 Å². The van der Waals surface area contributed by atoms with Gasteiger partial charge in [-0.15, -0.1) is 0 Å². The van der Waals surface area contributed by atoms with E-state index >= 15 is 0 Å². The Kier molecular flexibility index (Phi) is 6.62. The van der Waals surface area contributed by atoms with E-state index < -0.39 is 5.60 Å². The van der Waals surface area contributed by atoms with Gasteiger partial charge in [-0.1, -0.05) is 6.42 Å². The van der Waals surface area contributed by atoms with Crippen LogP contribution in [-0.2, 0) is 4.74 Å². The fourth-order valence-electron chi connectivity index (χ4n) is 3.79. The zero-order chi connectivity index (χ0) is 21.0. The zero-order valence-corrected chi connectivity index (χ0v) is 18.0. The standard InChI is InChI=1S/C21H34N6O2/c1-14-12-24-18(11-16(22)17-7-5-6-9-23-17)26-19(14)27-10-8-15(13-27)25-20(28)29-21(2,3)4/h11-12,15,17,22-24H,5-10,13H2,1-4H3,(H,25,28)/b18-11+,22-16?/t15-,17-/m0/s1. The highest BCUT2D eigenvalue weighted by molar-refractivity contribution is 6.01. The Morgan fingerprint density at radius 3 is 2.86 bits per heavy atom. The van der Waals surface area contributed by atoms with Gasteiger partial charge in [0.1, 0.15) is 17.3 Å². The summed E-state index contributed by atoms with van der Waals surface area (Å²) in [6.07, 6.45) is 7.55. The topological polar surface area (TPSA) is 102 Å². The van der Waals surface area contributed by atoms with Gasteiger partial charge in [-0.2, -0.15) is 0 Å². The molecule has 3 aliphatic heterocycles. The highest BCUT2D eigenvalue weighted by atomic mass is 16.6. The Balaban J connectivity index is 1.61. The van der Waals surface area contributed by atoms with Gasteiger partial charge in [0.25, 0.3) is 0 Å². The SMILES string of the molecule is CC1=CN/C(=C\C(=N)[C@@H]2CCCCN2)N=C1N1CC[C@H](NC(=O)OC(C)(C)C)C1. The molecule has 0 unspecified atom stereocenters. The predicted molar refractivity (Wildman–Crippen MR) is 115 cm³/mol.